The first kappa shape index (κ1) is 9.44. The molecule has 0 aliphatic carbocycles. The van der Waals surface area contributed by atoms with Crippen LogP contribution < -0.4 is 0 Å². The van der Waals surface area contributed by atoms with Gasteiger partial charge in [-0.05, 0) is 20.8 Å². The number of rotatable bonds is 2. The lowest BCUT2D eigenvalue weighted by atomic mass is 10.5. The summed E-state index contributed by atoms with van der Waals surface area (Å²) in [6.07, 6.45) is 0. The van der Waals surface area contributed by atoms with Gasteiger partial charge in [0.15, 0.2) is 9.84 Å². The standard InChI is InChI=1S/C6H11NO2S/c1-5(2)10(8,9)6(3)4-7/h5-6H,1-3H3. The fraction of sp³-hybridized carbons (Fsp3) is 0.833. The average Bonchev–Trinajstić information content (AvgIpc) is 1.86. The number of hydrogen-bond donors (Lipinski definition) is 0. The molecule has 0 spiro atoms. The highest BCUT2D eigenvalue weighted by atomic mass is 32.2. The van der Waals surface area contributed by atoms with Gasteiger partial charge in [-0.15, -0.1) is 0 Å². The minimum absolute atomic E-state index is 0.456. The lowest BCUT2D eigenvalue weighted by molar-refractivity contribution is 0.583. The van der Waals surface area contributed by atoms with Gasteiger partial charge in [0.2, 0.25) is 0 Å². The molecule has 0 aromatic heterocycles. The van der Waals surface area contributed by atoms with Gasteiger partial charge in [0.25, 0.3) is 0 Å². The summed E-state index contributed by atoms with van der Waals surface area (Å²) >= 11 is 0. The van der Waals surface area contributed by atoms with E-state index in [4.69, 9.17) is 5.26 Å². The molecular weight excluding hydrogens is 150 g/mol. The fourth-order valence-corrected chi connectivity index (χ4v) is 1.45. The number of nitriles is 1. The van der Waals surface area contributed by atoms with Crippen LogP contribution in [0.25, 0.3) is 0 Å². The second-order valence-electron chi connectivity index (χ2n) is 2.41. The highest BCUT2D eigenvalue weighted by Crippen LogP contribution is 2.06. The van der Waals surface area contributed by atoms with Crippen molar-refractivity contribution in [2.75, 3.05) is 0 Å². The van der Waals surface area contributed by atoms with Crippen LogP contribution in [0.4, 0.5) is 0 Å². The molecule has 0 aliphatic heterocycles. The summed E-state index contributed by atoms with van der Waals surface area (Å²) in [5, 5.41) is 6.95. The third-order valence-corrected chi connectivity index (χ3v) is 3.74. The van der Waals surface area contributed by atoms with Crippen LogP contribution in [0.1, 0.15) is 20.8 Å². The van der Waals surface area contributed by atoms with E-state index in [2.05, 4.69) is 0 Å². The van der Waals surface area contributed by atoms with E-state index in [1.807, 2.05) is 0 Å². The molecule has 0 fully saturated rings. The first-order valence-electron chi connectivity index (χ1n) is 3.05. The van der Waals surface area contributed by atoms with E-state index in [1.165, 1.54) is 6.92 Å². The van der Waals surface area contributed by atoms with E-state index in [0.29, 0.717) is 0 Å². The Bertz CT molecular complexity index is 235. The Morgan fingerprint density at radius 1 is 1.30 bits per heavy atom. The molecule has 0 aromatic carbocycles. The maximum absolute atomic E-state index is 11.0. The Balaban J connectivity index is 4.64. The second kappa shape index (κ2) is 3.02. The Morgan fingerprint density at radius 2 is 1.70 bits per heavy atom. The van der Waals surface area contributed by atoms with Gasteiger partial charge < -0.3 is 0 Å². The summed E-state index contributed by atoms with van der Waals surface area (Å²) in [5.74, 6) is 0. The van der Waals surface area contributed by atoms with Gasteiger partial charge in [-0.2, -0.15) is 5.26 Å². The molecule has 0 rings (SSSR count). The van der Waals surface area contributed by atoms with E-state index in [1.54, 1.807) is 19.9 Å². The molecule has 0 aliphatic rings. The fourth-order valence-electron chi connectivity index (χ4n) is 0.482. The van der Waals surface area contributed by atoms with Crippen LogP contribution in [0.2, 0.25) is 0 Å². The summed E-state index contributed by atoms with van der Waals surface area (Å²) in [6.45, 7) is 4.54. The summed E-state index contributed by atoms with van der Waals surface area (Å²) in [6, 6.07) is 1.70. The maximum Gasteiger partial charge on any atom is 0.168 e. The molecule has 0 amide bonds. The molecule has 10 heavy (non-hydrogen) atoms. The molecule has 0 saturated carbocycles. The molecule has 0 heterocycles. The van der Waals surface area contributed by atoms with Gasteiger partial charge in [0.1, 0.15) is 5.25 Å². The van der Waals surface area contributed by atoms with E-state index < -0.39 is 20.3 Å². The van der Waals surface area contributed by atoms with Crippen molar-refractivity contribution in [3.8, 4) is 6.07 Å². The molecule has 0 radical (unpaired) electrons. The normalized spacial score (nSPS) is 14.7. The third kappa shape index (κ3) is 1.71. The van der Waals surface area contributed by atoms with Gasteiger partial charge >= 0.3 is 0 Å². The Labute approximate surface area is 61.6 Å². The van der Waals surface area contributed by atoms with Crippen LogP contribution in [0.3, 0.4) is 0 Å². The van der Waals surface area contributed by atoms with Crippen molar-refractivity contribution in [3.63, 3.8) is 0 Å². The Hall–Kier alpha value is -0.560. The van der Waals surface area contributed by atoms with Crippen LogP contribution in [0, 0.1) is 11.3 Å². The van der Waals surface area contributed by atoms with E-state index in [0.717, 1.165) is 0 Å². The van der Waals surface area contributed by atoms with Crippen molar-refractivity contribution >= 4 is 9.84 Å². The zero-order valence-electron chi connectivity index (χ0n) is 6.33. The van der Waals surface area contributed by atoms with E-state index >= 15 is 0 Å². The lowest BCUT2D eigenvalue weighted by Gasteiger charge is -2.07. The summed E-state index contributed by atoms with van der Waals surface area (Å²) < 4.78 is 22.1. The minimum atomic E-state index is -3.19. The van der Waals surface area contributed by atoms with Crippen molar-refractivity contribution in [1.29, 1.82) is 5.26 Å². The molecule has 58 valence electrons. The first-order chi connectivity index (χ1) is 4.42. The van der Waals surface area contributed by atoms with Crippen LogP contribution in [0.15, 0.2) is 0 Å². The van der Waals surface area contributed by atoms with Crippen molar-refractivity contribution in [2.45, 2.75) is 31.3 Å². The van der Waals surface area contributed by atoms with Crippen LogP contribution in [-0.2, 0) is 9.84 Å². The van der Waals surface area contributed by atoms with Gasteiger partial charge in [-0.1, -0.05) is 0 Å². The van der Waals surface area contributed by atoms with E-state index in [-0.39, 0.29) is 0 Å². The van der Waals surface area contributed by atoms with Crippen molar-refractivity contribution in [2.24, 2.45) is 0 Å². The van der Waals surface area contributed by atoms with Crippen molar-refractivity contribution in [3.05, 3.63) is 0 Å². The number of hydrogen-bond acceptors (Lipinski definition) is 3. The predicted molar refractivity (Wildman–Crippen MR) is 39.1 cm³/mol. The van der Waals surface area contributed by atoms with Gasteiger partial charge in [0, 0.05) is 0 Å². The van der Waals surface area contributed by atoms with Crippen molar-refractivity contribution in [1.82, 2.24) is 0 Å². The SMILES string of the molecule is CC(C)S(=O)(=O)C(C)C#N. The van der Waals surface area contributed by atoms with Gasteiger partial charge in [-0.25, -0.2) is 8.42 Å². The number of nitrogens with zero attached hydrogens (tertiary/aromatic N) is 1. The lowest BCUT2D eigenvalue weighted by Crippen LogP contribution is -2.24. The highest BCUT2D eigenvalue weighted by Gasteiger charge is 2.23. The molecule has 1 unspecified atom stereocenters. The molecule has 4 heteroatoms. The van der Waals surface area contributed by atoms with Gasteiger partial charge in [0.05, 0.1) is 11.3 Å². The molecule has 0 saturated heterocycles. The zero-order valence-corrected chi connectivity index (χ0v) is 7.14. The largest absolute Gasteiger partial charge is 0.227 e. The summed E-state index contributed by atoms with van der Waals surface area (Å²) in [5.41, 5.74) is 0. The zero-order chi connectivity index (χ0) is 8.36. The molecule has 3 nitrogen and oxygen atoms in total. The molecule has 1 atom stereocenters. The van der Waals surface area contributed by atoms with Crippen molar-refractivity contribution < 1.29 is 8.42 Å². The smallest absolute Gasteiger partial charge is 0.168 e. The number of sulfone groups is 1. The maximum atomic E-state index is 11.0. The van der Waals surface area contributed by atoms with Gasteiger partial charge in [-0.3, -0.25) is 0 Å². The molecule has 0 N–H and O–H groups in total. The Kier molecular flexibility index (Phi) is 2.85. The van der Waals surface area contributed by atoms with Crippen LogP contribution >= 0.6 is 0 Å². The topological polar surface area (TPSA) is 57.9 Å². The highest BCUT2D eigenvalue weighted by molar-refractivity contribution is 7.92. The monoisotopic (exact) mass is 161 g/mol. The van der Waals surface area contributed by atoms with Crippen LogP contribution in [0.5, 0.6) is 0 Å². The second-order valence-corrected chi connectivity index (χ2v) is 5.24. The Morgan fingerprint density at radius 3 is 1.80 bits per heavy atom. The average molecular weight is 161 g/mol. The molecule has 0 aromatic rings. The predicted octanol–water partition coefficient (Wildman–Crippen LogP) is 0.722. The first-order valence-corrected chi connectivity index (χ1v) is 4.66. The van der Waals surface area contributed by atoms with Crippen LogP contribution in [-0.4, -0.2) is 18.9 Å². The summed E-state index contributed by atoms with van der Waals surface area (Å²) in [4.78, 5) is 0. The summed E-state index contributed by atoms with van der Waals surface area (Å²) in [7, 11) is -3.19. The third-order valence-electron chi connectivity index (χ3n) is 1.33. The molecule has 0 bridgehead atoms. The molecular formula is C6H11NO2S. The quantitative estimate of drug-likeness (QED) is 0.599. The minimum Gasteiger partial charge on any atom is -0.227 e. The van der Waals surface area contributed by atoms with E-state index in [9.17, 15) is 8.42 Å².